The van der Waals surface area contributed by atoms with E-state index in [1.165, 1.54) is 0 Å². The van der Waals surface area contributed by atoms with Crippen LogP contribution in [0.3, 0.4) is 0 Å². The van der Waals surface area contributed by atoms with Crippen molar-refractivity contribution < 1.29 is 9.90 Å². The summed E-state index contributed by atoms with van der Waals surface area (Å²) in [5, 5.41) is 8.65. The second-order valence-corrected chi connectivity index (χ2v) is 2.39. The largest absolute Gasteiger partial charge is 0.395 e. The van der Waals surface area contributed by atoms with Gasteiger partial charge in [0.25, 0.3) is 0 Å². The van der Waals surface area contributed by atoms with Crippen molar-refractivity contribution in [2.24, 2.45) is 0 Å². The first kappa shape index (κ1) is 8.01. The number of aldehydes is 1. The van der Waals surface area contributed by atoms with Gasteiger partial charge in [-0.2, -0.15) is 0 Å². The standard InChI is InChI=1S/C8H11NO2/c1-7-2-3-8(6-11)9(7)4-5-10/h2-3,6,10H,4-5H2,1H3. The number of aromatic nitrogens is 1. The van der Waals surface area contributed by atoms with Gasteiger partial charge in [0.2, 0.25) is 0 Å². The van der Waals surface area contributed by atoms with E-state index in [1.54, 1.807) is 10.6 Å². The van der Waals surface area contributed by atoms with Crippen LogP contribution in [0.25, 0.3) is 0 Å². The number of aliphatic hydroxyl groups is 1. The molecule has 1 N–H and O–H groups in total. The van der Waals surface area contributed by atoms with E-state index in [9.17, 15) is 4.79 Å². The summed E-state index contributed by atoms with van der Waals surface area (Å²) in [6, 6.07) is 3.61. The van der Waals surface area contributed by atoms with Crippen LogP contribution < -0.4 is 0 Å². The molecule has 0 spiro atoms. The maximum Gasteiger partial charge on any atom is 0.166 e. The Bertz CT molecular complexity index is 253. The second kappa shape index (κ2) is 3.34. The van der Waals surface area contributed by atoms with Crippen molar-refractivity contribution in [1.82, 2.24) is 4.57 Å². The van der Waals surface area contributed by atoms with E-state index in [1.807, 2.05) is 13.0 Å². The molecule has 1 aromatic heterocycles. The highest BCUT2D eigenvalue weighted by Gasteiger charge is 2.01. The van der Waals surface area contributed by atoms with Crippen LogP contribution in [0.15, 0.2) is 12.1 Å². The molecule has 0 atom stereocenters. The van der Waals surface area contributed by atoms with Crippen molar-refractivity contribution in [3.05, 3.63) is 23.5 Å². The zero-order valence-corrected chi connectivity index (χ0v) is 6.45. The quantitative estimate of drug-likeness (QED) is 0.646. The summed E-state index contributed by atoms with van der Waals surface area (Å²) in [6.07, 6.45) is 0.794. The Morgan fingerprint density at radius 1 is 1.64 bits per heavy atom. The Kier molecular flexibility index (Phi) is 2.44. The van der Waals surface area contributed by atoms with Crippen LogP contribution in [0.2, 0.25) is 0 Å². The number of hydrogen-bond acceptors (Lipinski definition) is 2. The molecule has 0 aliphatic heterocycles. The van der Waals surface area contributed by atoms with Crippen molar-refractivity contribution in [1.29, 1.82) is 0 Å². The number of rotatable bonds is 3. The molecule has 0 aliphatic rings. The van der Waals surface area contributed by atoms with Gasteiger partial charge >= 0.3 is 0 Å². The lowest BCUT2D eigenvalue weighted by atomic mass is 10.5. The lowest BCUT2D eigenvalue weighted by Crippen LogP contribution is -2.06. The summed E-state index contributed by atoms with van der Waals surface area (Å²) in [4.78, 5) is 10.4. The molecule has 0 radical (unpaired) electrons. The fourth-order valence-corrected chi connectivity index (χ4v) is 1.10. The van der Waals surface area contributed by atoms with Gasteiger partial charge in [-0.1, -0.05) is 0 Å². The fraction of sp³-hybridized carbons (Fsp3) is 0.375. The number of carbonyl (C=O) groups excluding carboxylic acids is 1. The van der Waals surface area contributed by atoms with E-state index >= 15 is 0 Å². The van der Waals surface area contributed by atoms with E-state index in [0.29, 0.717) is 12.2 Å². The van der Waals surface area contributed by atoms with Crippen molar-refractivity contribution >= 4 is 6.29 Å². The van der Waals surface area contributed by atoms with E-state index in [0.717, 1.165) is 12.0 Å². The topological polar surface area (TPSA) is 42.2 Å². The minimum absolute atomic E-state index is 0.0658. The molecule has 0 amide bonds. The SMILES string of the molecule is Cc1ccc(C=O)n1CCO. The van der Waals surface area contributed by atoms with Crippen LogP contribution in [0, 0.1) is 6.92 Å². The Balaban J connectivity index is 2.97. The second-order valence-electron chi connectivity index (χ2n) is 2.39. The monoisotopic (exact) mass is 153 g/mol. The molecule has 11 heavy (non-hydrogen) atoms. The Labute approximate surface area is 65.3 Å². The molecule has 0 saturated carbocycles. The van der Waals surface area contributed by atoms with Crippen molar-refractivity contribution in [2.45, 2.75) is 13.5 Å². The van der Waals surface area contributed by atoms with Gasteiger partial charge in [-0.15, -0.1) is 0 Å². The summed E-state index contributed by atoms with van der Waals surface area (Å²) in [6.45, 7) is 2.46. The third kappa shape index (κ3) is 1.49. The number of nitrogens with zero attached hydrogens (tertiary/aromatic N) is 1. The first-order valence-electron chi connectivity index (χ1n) is 3.51. The van der Waals surface area contributed by atoms with Crippen LogP contribution in [-0.2, 0) is 6.54 Å². The van der Waals surface area contributed by atoms with Crippen molar-refractivity contribution in [2.75, 3.05) is 6.61 Å². The molecule has 0 unspecified atom stereocenters. The maximum atomic E-state index is 10.4. The van der Waals surface area contributed by atoms with Gasteiger partial charge in [0.05, 0.1) is 12.3 Å². The lowest BCUT2D eigenvalue weighted by Gasteiger charge is -2.04. The summed E-state index contributed by atoms with van der Waals surface area (Å²) in [5.41, 5.74) is 1.62. The van der Waals surface area contributed by atoms with E-state index in [4.69, 9.17) is 5.11 Å². The Morgan fingerprint density at radius 2 is 2.36 bits per heavy atom. The molecule has 3 heteroatoms. The van der Waals surface area contributed by atoms with Crippen LogP contribution in [0.1, 0.15) is 16.2 Å². The highest BCUT2D eigenvalue weighted by Crippen LogP contribution is 2.04. The smallest absolute Gasteiger partial charge is 0.166 e. The van der Waals surface area contributed by atoms with Crippen molar-refractivity contribution in [3.63, 3.8) is 0 Å². The predicted molar refractivity (Wildman–Crippen MR) is 41.6 cm³/mol. The number of carbonyl (C=O) groups is 1. The van der Waals surface area contributed by atoms with Crippen LogP contribution in [0.4, 0.5) is 0 Å². The molecule has 60 valence electrons. The normalized spacial score (nSPS) is 10.0. The molecular weight excluding hydrogens is 142 g/mol. The average Bonchev–Trinajstić information content (AvgIpc) is 2.34. The molecule has 0 bridgehead atoms. The molecule has 3 nitrogen and oxygen atoms in total. The van der Waals surface area contributed by atoms with Gasteiger partial charge in [-0.3, -0.25) is 4.79 Å². The molecular formula is C8H11NO2. The number of aryl methyl sites for hydroxylation is 1. The first-order valence-corrected chi connectivity index (χ1v) is 3.51. The Morgan fingerprint density at radius 3 is 2.91 bits per heavy atom. The maximum absolute atomic E-state index is 10.4. The highest BCUT2D eigenvalue weighted by atomic mass is 16.3. The van der Waals surface area contributed by atoms with Crippen LogP contribution in [0.5, 0.6) is 0 Å². The molecule has 1 aromatic rings. The van der Waals surface area contributed by atoms with Crippen LogP contribution in [-0.4, -0.2) is 22.6 Å². The molecule has 1 rings (SSSR count). The summed E-state index contributed by atoms with van der Waals surface area (Å²) >= 11 is 0. The predicted octanol–water partition coefficient (Wildman–Crippen LogP) is 0.601. The minimum atomic E-state index is 0.0658. The van der Waals surface area contributed by atoms with Gasteiger partial charge in [0, 0.05) is 12.2 Å². The minimum Gasteiger partial charge on any atom is -0.395 e. The number of hydrogen-bond donors (Lipinski definition) is 1. The zero-order chi connectivity index (χ0) is 8.27. The zero-order valence-electron chi connectivity index (χ0n) is 6.45. The van der Waals surface area contributed by atoms with Gasteiger partial charge < -0.3 is 9.67 Å². The van der Waals surface area contributed by atoms with E-state index in [2.05, 4.69) is 0 Å². The summed E-state index contributed by atoms with van der Waals surface area (Å²) in [5.74, 6) is 0. The van der Waals surface area contributed by atoms with Gasteiger partial charge in [-0.25, -0.2) is 0 Å². The first-order chi connectivity index (χ1) is 5.29. The molecule has 0 aromatic carbocycles. The van der Waals surface area contributed by atoms with Gasteiger partial charge in [0.15, 0.2) is 6.29 Å². The molecule has 0 aliphatic carbocycles. The van der Waals surface area contributed by atoms with Crippen molar-refractivity contribution in [3.8, 4) is 0 Å². The summed E-state index contributed by atoms with van der Waals surface area (Å²) < 4.78 is 1.78. The average molecular weight is 153 g/mol. The third-order valence-electron chi connectivity index (χ3n) is 1.68. The highest BCUT2D eigenvalue weighted by molar-refractivity contribution is 5.72. The van der Waals surface area contributed by atoms with E-state index in [-0.39, 0.29) is 6.61 Å². The fourth-order valence-electron chi connectivity index (χ4n) is 1.10. The summed E-state index contributed by atoms with van der Waals surface area (Å²) in [7, 11) is 0. The van der Waals surface area contributed by atoms with E-state index < -0.39 is 0 Å². The lowest BCUT2D eigenvalue weighted by molar-refractivity contribution is 0.111. The van der Waals surface area contributed by atoms with Gasteiger partial charge in [0.1, 0.15) is 0 Å². The number of aliphatic hydroxyl groups excluding tert-OH is 1. The Hall–Kier alpha value is -1.09. The molecule has 0 fully saturated rings. The van der Waals surface area contributed by atoms with Gasteiger partial charge in [-0.05, 0) is 19.1 Å². The van der Waals surface area contributed by atoms with Crippen LogP contribution >= 0.6 is 0 Å². The third-order valence-corrected chi connectivity index (χ3v) is 1.68. The molecule has 1 heterocycles. The molecule has 0 saturated heterocycles.